The van der Waals surface area contributed by atoms with Gasteiger partial charge in [0.2, 0.25) is 0 Å². The van der Waals surface area contributed by atoms with Crippen LogP contribution in [0.25, 0.3) is 5.65 Å². The molecule has 0 bridgehead atoms. The van der Waals surface area contributed by atoms with E-state index >= 15 is 0 Å². The smallest absolute Gasteiger partial charge is 0.350 e. The maximum atomic E-state index is 14.4. The number of halogens is 1. The van der Waals surface area contributed by atoms with Crippen molar-refractivity contribution in [3.05, 3.63) is 46.6 Å². The number of likely N-dealkylation sites (tertiary alicyclic amines) is 1. The normalized spacial score (nSPS) is 21.1. The number of piperidine rings is 1. The molecular weight excluding hydrogens is 403 g/mol. The van der Waals surface area contributed by atoms with Crippen LogP contribution in [0.3, 0.4) is 0 Å². The predicted molar refractivity (Wildman–Crippen MR) is 112 cm³/mol. The SMILES string of the molecule is Cn1nc2cc(N3CCOc4cc(C(=O)N5CCCC(C)(F)C5)cnc43)ccn2c1=O. The summed E-state index contributed by atoms with van der Waals surface area (Å²) in [6, 6.07) is 5.31. The Bertz CT molecular complexity index is 1230. The van der Waals surface area contributed by atoms with Gasteiger partial charge in [-0.1, -0.05) is 0 Å². The number of anilines is 2. The molecule has 0 radical (unpaired) electrons. The van der Waals surface area contributed by atoms with E-state index in [1.165, 1.54) is 22.2 Å². The standard InChI is InChI=1S/C21H23FN6O3/c1-21(22)5-3-6-26(13-21)19(29)14-10-16-18(23-12-14)27(8-9-31-16)15-4-7-28-17(11-15)24-25(2)20(28)30/h4,7,10-12H,3,5-6,8-9,13H2,1-2H3. The quantitative estimate of drug-likeness (QED) is 0.623. The number of hydrogen-bond acceptors (Lipinski definition) is 6. The molecule has 0 saturated carbocycles. The van der Waals surface area contributed by atoms with Gasteiger partial charge in [-0.25, -0.2) is 18.9 Å². The molecule has 5 rings (SSSR count). The van der Waals surface area contributed by atoms with Gasteiger partial charge in [-0.3, -0.25) is 9.20 Å². The van der Waals surface area contributed by atoms with E-state index in [-0.39, 0.29) is 18.1 Å². The van der Waals surface area contributed by atoms with E-state index in [4.69, 9.17) is 4.74 Å². The number of hydrogen-bond donors (Lipinski definition) is 0. The van der Waals surface area contributed by atoms with Crippen LogP contribution in [0.2, 0.25) is 0 Å². The van der Waals surface area contributed by atoms with Gasteiger partial charge in [0.05, 0.1) is 18.7 Å². The lowest BCUT2D eigenvalue weighted by Gasteiger charge is -2.35. The summed E-state index contributed by atoms with van der Waals surface area (Å²) < 4.78 is 22.9. The van der Waals surface area contributed by atoms with E-state index < -0.39 is 5.67 Å². The Balaban J connectivity index is 1.45. The van der Waals surface area contributed by atoms with Crippen LogP contribution >= 0.6 is 0 Å². The molecule has 2 aliphatic rings. The molecule has 0 N–H and O–H groups in total. The van der Waals surface area contributed by atoms with E-state index in [0.717, 1.165) is 5.69 Å². The minimum atomic E-state index is -1.37. The van der Waals surface area contributed by atoms with Gasteiger partial charge in [-0.05, 0) is 31.9 Å². The van der Waals surface area contributed by atoms with E-state index in [1.807, 2.05) is 17.0 Å². The molecule has 0 aromatic carbocycles. The number of amides is 1. The van der Waals surface area contributed by atoms with Crippen LogP contribution in [0.5, 0.6) is 5.75 Å². The van der Waals surface area contributed by atoms with E-state index in [2.05, 4.69) is 10.1 Å². The molecule has 1 saturated heterocycles. The molecule has 1 atom stereocenters. The van der Waals surface area contributed by atoms with Crippen molar-refractivity contribution in [1.29, 1.82) is 0 Å². The highest BCUT2D eigenvalue weighted by Gasteiger charge is 2.34. The lowest BCUT2D eigenvalue weighted by atomic mass is 9.96. The van der Waals surface area contributed by atoms with Crippen LogP contribution in [0.15, 0.2) is 35.4 Å². The molecular formula is C21H23FN6O3. The van der Waals surface area contributed by atoms with Gasteiger partial charge in [-0.2, -0.15) is 5.10 Å². The lowest BCUT2D eigenvalue weighted by Crippen LogP contribution is -2.46. The number of carbonyl (C=O) groups excluding carboxylic acids is 1. The minimum Gasteiger partial charge on any atom is -0.488 e. The third-order valence-corrected chi connectivity index (χ3v) is 5.81. The Kier molecular flexibility index (Phi) is 4.45. The lowest BCUT2D eigenvalue weighted by molar-refractivity contribution is 0.0417. The molecule has 0 aliphatic carbocycles. The number of nitrogens with zero attached hydrogens (tertiary/aromatic N) is 6. The van der Waals surface area contributed by atoms with Gasteiger partial charge >= 0.3 is 5.69 Å². The number of aromatic nitrogens is 4. The van der Waals surface area contributed by atoms with Crippen molar-refractivity contribution in [3.8, 4) is 5.75 Å². The summed E-state index contributed by atoms with van der Waals surface area (Å²) >= 11 is 0. The molecule has 9 nitrogen and oxygen atoms in total. The second-order valence-electron chi connectivity index (χ2n) is 8.31. The average Bonchev–Trinajstić information content (AvgIpc) is 3.04. The fourth-order valence-electron chi connectivity index (χ4n) is 4.25. The Morgan fingerprint density at radius 2 is 2.13 bits per heavy atom. The van der Waals surface area contributed by atoms with Crippen LogP contribution in [0, 0.1) is 0 Å². The third-order valence-electron chi connectivity index (χ3n) is 5.81. The number of alkyl halides is 1. The van der Waals surface area contributed by atoms with E-state index in [0.29, 0.717) is 55.3 Å². The van der Waals surface area contributed by atoms with Gasteiger partial charge in [0, 0.05) is 37.7 Å². The van der Waals surface area contributed by atoms with Crippen LogP contribution in [-0.4, -0.2) is 61.9 Å². The van der Waals surface area contributed by atoms with Crippen molar-refractivity contribution in [2.24, 2.45) is 7.05 Å². The first kappa shape index (κ1) is 19.5. The molecule has 0 spiro atoms. The summed E-state index contributed by atoms with van der Waals surface area (Å²) in [5, 5.41) is 4.23. The molecule has 5 heterocycles. The maximum absolute atomic E-state index is 14.4. The first-order valence-corrected chi connectivity index (χ1v) is 10.3. The molecule has 2 aliphatic heterocycles. The average molecular weight is 426 g/mol. The monoisotopic (exact) mass is 426 g/mol. The highest BCUT2D eigenvalue weighted by atomic mass is 19.1. The van der Waals surface area contributed by atoms with Crippen molar-refractivity contribution >= 4 is 23.1 Å². The number of rotatable bonds is 2. The summed E-state index contributed by atoms with van der Waals surface area (Å²) in [4.78, 5) is 33.0. The summed E-state index contributed by atoms with van der Waals surface area (Å²) in [6.45, 7) is 3.13. The first-order chi connectivity index (χ1) is 14.8. The van der Waals surface area contributed by atoms with Crippen molar-refractivity contribution in [2.75, 3.05) is 31.1 Å². The molecule has 10 heteroatoms. The Labute approximate surface area is 177 Å². The first-order valence-electron chi connectivity index (χ1n) is 10.3. The molecule has 1 unspecified atom stereocenters. The molecule has 1 amide bonds. The van der Waals surface area contributed by atoms with Crippen LogP contribution in [0.4, 0.5) is 15.9 Å². The van der Waals surface area contributed by atoms with Crippen LogP contribution in [-0.2, 0) is 7.05 Å². The fourth-order valence-corrected chi connectivity index (χ4v) is 4.25. The van der Waals surface area contributed by atoms with Crippen molar-refractivity contribution < 1.29 is 13.9 Å². The summed E-state index contributed by atoms with van der Waals surface area (Å²) in [5.41, 5.74) is 0.148. The Hall–Kier alpha value is -3.43. The zero-order valence-corrected chi connectivity index (χ0v) is 17.4. The summed E-state index contributed by atoms with van der Waals surface area (Å²) in [6.07, 6.45) is 4.29. The highest BCUT2D eigenvalue weighted by molar-refractivity contribution is 5.95. The van der Waals surface area contributed by atoms with Crippen molar-refractivity contribution in [3.63, 3.8) is 0 Å². The predicted octanol–water partition coefficient (Wildman–Crippen LogP) is 1.92. The van der Waals surface area contributed by atoms with Crippen molar-refractivity contribution in [1.82, 2.24) is 24.1 Å². The maximum Gasteiger partial charge on any atom is 0.350 e. The van der Waals surface area contributed by atoms with Crippen LogP contribution in [0.1, 0.15) is 30.1 Å². The number of pyridine rings is 2. The zero-order valence-electron chi connectivity index (χ0n) is 17.4. The second-order valence-corrected chi connectivity index (χ2v) is 8.31. The molecule has 31 heavy (non-hydrogen) atoms. The van der Waals surface area contributed by atoms with Crippen molar-refractivity contribution in [2.45, 2.75) is 25.4 Å². The van der Waals surface area contributed by atoms with Gasteiger partial charge in [0.1, 0.15) is 12.3 Å². The third kappa shape index (κ3) is 3.41. The molecule has 162 valence electrons. The second kappa shape index (κ2) is 7.07. The van der Waals surface area contributed by atoms with Gasteiger partial charge in [0.15, 0.2) is 17.2 Å². The Morgan fingerprint density at radius 3 is 2.94 bits per heavy atom. The van der Waals surface area contributed by atoms with E-state index in [9.17, 15) is 14.0 Å². The number of carbonyl (C=O) groups is 1. The van der Waals surface area contributed by atoms with Gasteiger partial charge in [0.25, 0.3) is 5.91 Å². The van der Waals surface area contributed by atoms with E-state index in [1.54, 1.807) is 24.2 Å². The summed E-state index contributed by atoms with van der Waals surface area (Å²) in [7, 11) is 1.60. The zero-order chi connectivity index (χ0) is 21.8. The fraction of sp³-hybridized carbons (Fsp3) is 0.429. The molecule has 1 fully saturated rings. The Morgan fingerprint density at radius 1 is 1.29 bits per heavy atom. The number of ether oxygens (including phenoxy) is 1. The van der Waals surface area contributed by atoms with Gasteiger partial charge < -0.3 is 14.5 Å². The molecule has 3 aromatic rings. The minimum absolute atomic E-state index is 0.0827. The topological polar surface area (TPSA) is 85.0 Å². The van der Waals surface area contributed by atoms with Gasteiger partial charge in [-0.15, -0.1) is 0 Å². The molecule has 3 aromatic heterocycles. The largest absolute Gasteiger partial charge is 0.488 e. The van der Waals surface area contributed by atoms with Crippen LogP contribution < -0.4 is 15.3 Å². The number of fused-ring (bicyclic) bond motifs is 2. The number of aryl methyl sites for hydroxylation is 1. The highest BCUT2D eigenvalue weighted by Crippen LogP contribution is 2.36. The summed E-state index contributed by atoms with van der Waals surface area (Å²) in [5.74, 6) is 0.837.